The Bertz CT molecular complexity index is 436. The fourth-order valence-electron chi connectivity index (χ4n) is 2.90. The maximum Gasteiger partial charge on any atom is 0.240 e. The molecule has 2 fully saturated rings. The summed E-state index contributed by atoms with van der Waals surface area (Å²) in [5.41, 5.74) is 1.13. The second-order valence-corrected chi connectivity index (χ2v) is 5.91. The number of amides is 1. The van der Waals surface area contributed by atoms with E-state index in [1.165, 1.54) is 12.8 Å². The highest BCUT2D eigenvalue weighted by atomic mass is 16.2. The van der Waals surface area contributed by atoms with Crippen molar-refractivity contribution >= 4 is 5.91 Å². The Labute approximate surface area is 120 Å². The van der Waals surface area contributed by atoms with Crippen LogP contribution in [-0.2, 0) is 11.3 Å². The quantitative estimate of drug-likeness (QED) is 0.914. The predicted octanol–water partition coefficient (Wildman–Crippen LogP) is 2.10. The lowest BCUT2D eigenvalue weighted by Crippen LogP contribution is -2.46. The highest BCUT2D eigenvalue weighted by Gasteiger charge is 2.35. The molecule has 2 aliphatic rings. The molecule has 108 valence electrons. The molecule has 1 aliphatic heterocycles. The lowest BCUT2D eigenvalue weighted by molar-refractivity contribution is -0.134. The number of rotatable bonds is 4. The second kappa shape index (κ2) is 6.35. The molecule has 1 aliphatic carbocycles. The number of hydrogen-bond donors (Lipinski definition) is 1. The Morgan fingerprint density at radius 2 is 2.20 bits per heavy atom. The largest absolute Gasteiger partial charge is 0.334 e. The van der Waals surface area contributed by atoms with Gasteiger partial charge in [0.2, 0.25) is 5.91 Å². The van der Waals surface area contributed by atoms with Gasteiger partial charge in [-0.2, -0.15) is 0 Å². The van der Waals surface area contributed by atoms with Crippen LogP contribution in [0.2, 0.25) is 0 Å². The van der Waals surface area contributed by atoms with Crippen LogP contribution in [0.4, 0.5) is 0 Å². The molecule has 0 aromatic carbocycles. The van der Waals surface area contributed by atoms with Gasteiger partial charge in [0.25, 0.3) is 0 Å². The number of carbonyl (C=O) groups excluding carboxylic acids is 1. The molecule has 0 spiro atoms. The molecule has 1 aromatic heterocycles. The summed E-state index contributed by atoms with van der Waals surface area (Å²) in [6.07, 6.45) is 10.5. The first-order chi connectivity index (χ1) is 9.84. The van der Waals surface area contributed by atoms with E-state index in [4.69, 9.17) is 0 Å². The molecule has 4 nitrogen and oxygen atoms in total. The topological polar surface area (TPSA) is 45.2 Å². The van der Waals surface area contributed by atoms with E-state index in [0.29, 0.717) is 18.5 Å². The summed E-state index contributed by atoms with van der Waals surface area (Å²) in [5.74, 6) is 0.290. The third-order valence-electron chi connectivity index (χ3n) is 4.20. The summed E-state index contributed by atoms with van der Waals surface area (Å²) >= 11 is 0. The monoisotopic (exact) mass is 273 g/mol. The molecule has 20 heavy (non-hydrogen) atoms. The fraction of sp³-hybridized carbons (Fsp3) is 0.625. The molecule has 1 unspecified atom stereocenters. The number of hydrogen-bond acceptors (Lipinski definition) is 3. The Morgan fingerprint density at radius 3 is 2.95 bits per heavy atom. The van der Waals surface area contributed by atoms with Gasteiger partial charge in [-0.1, -0.05) is 18.9 Å². The normalized spacial score (nSPS) is 23.1. The van der Waals surface area contributed by atoms with E-state index in [9.17, 15) is 4.79 Å². The Balaban J connectivity index is 1.68. The molecule has 0 bridgehead atoms. The van der Waals surface area contributed by atoms with E-state index in [0.717, 1.165) is 37.8 Å². The third-order valence-corrected chi connectivity index (χ3v) is 4.20. The highest BCUT2D eigenvalue weighted by molar-refractivity contribution is 5.82. The van der Waals surface area contributed by atoms with Gasteiger partial charge in [0.15, 0.2) is 0 Å². The van der Waals surface area contributed by atoms with Crippen LogP contribution in [0.1, 0.15) is 44.1 Å². The zero-order chi connectivity index (χ0) is 13.8. The summed E-state index contributed by atoms with van der Waals surface area (Å²) in [6.45, 7) is 1.68. The molecule has 2 heterocycles. The molecule has 1 saturated heterocycles. The summed E-state index contributed by atoms with van der Waals surface area (Å²) in [6, 6.07) is 4.47. The standard InChI is InChI=1S/C16H23N3O/c20-16(15-6-2-1-3-10-18-15)19(14-7-8-14)12-13-5-4-9-17-11-13/h4-5,9,11,14-15,18H,1-3,6-8,10,12H2. The summed E-state index contributed by atoms with van der Waals surface area (Å²) in [4.78, 5) is 19.0. The molecule has 1 N–H and O–H groups in total. The number of aromatic nitrogens is 1. The molecule has 1 amide bonds. The molecular weight excluding hydrogens is 250 g/mol. The first-order valence-electron chi connectivity index (χ1n) is 7.77. The zero-order valence-corrected chi connectivity index (χ0v) is 11.9. The fourth-order valence-corrected chi connectivity index (χ4v) is 2.90. The van der Waals surface area contributed by atoms with Crippen molar-refractivity contribution in [2.45, 2.75) is 57.2 Å². The zero-order valence-electron chi connectivity index (χ0n) is 11.9. The van der Waals surface area contributed by atoms with Crippen molar-refractivity contribution in [1.29, 1.82) is 0 Å². The molecule has 0 radical (unpaired) electrons. The van der Waals surface area contributed by atoms with Gasteiger partial charge in [-0.3, -0.25) is 9.78 Å². The first kappa shape index (κ1) is 13.6. The molecule has 3 rings (SSSR count). The van der Waals surface area contributed by atoms with Crippen LogP contribution in [0.5, 0.6) is 0 Å². The number of nitrogens with one attached hydrogen (secondary N) is 1. The summed E-state index contributed by atoms with van der Waals surface area (Å²) in [5, 5.41) is 3.42. The van der Waals surface area contributed by atoms with E-state index in [1.54, 1.807) is 6.20 Å². The maximum atomic E-state index is 12.8. The minimum atomic E-state index is 0.0229. The van der Waals surface area contributed by atoms with E-state index < -0.39 is 0 Å². The van der Waals surface area contributed by atoms with Gasteiger partial charge in [0.05, 0.1) is 6.04 Å². The van der Waals surface area contributed by atoms with Gasteiger partial charge in [0.1, 0.15) is 0 Å². The maximum absolute atomic E-state index is 12.8. The predicted molar refractivity (Wildman–Crippen MR) is 78.1 cm³/mol. The Kier molecular flexibility index (Phi) is 4.31. The highest BCUT2D eigenvalue weighted by Crippen LogP contribution is 2.29. The minimum absolute atomic E-state index is 0.0229. The first-order valence-corrected chi connectivity index (χ1v) is 7.77. The van der Waals surface area contributed by atoms with Crippen molar-refractivity contribution in [3.05, 3.63) is 30.1 Å². The molecule has 1 atom stereocenters. The van der Waals surface area contributed by atoms with E-state index in [1.807, 2.05) is 12.3 Å². The SMILES string of the molecule is O=C(C1CCCCCN1)N(Cc1cccnc1)C1CC1. The van der Waals surface area contributed by atoms with Crippen molar-refractivity contribution in [2.24, 2.45) is 0 Å². The van der Waals surface area contributed by atoms with Crippen LogP contribution in [0.25, 0.3) is 0 Å². The van der Waals surface area contributed by atoms with Gasteiger partial charge in [0, 0.05) is 25.0 Å². The number of nitrogens with zero attached hydrogens (tertiary/aromatic N) is 2. The van der Waals surface area contributed by atoms with E-state index in [2.05, 4.69) is 21.3 Å². The van der Waals surface area contributed by atoms with Gasteiger partial charge < -0.3 is 10.2 Å². The van der Waals surface area contributed by atoms with Gasteiger partial charge in [-0.25, -0.2) is 0 Å². The number of carbonyl (C=O) groups is 1. The second-order valence-electron chi connectivity index (χ2n) is 5.91. The van der Waals surface area contributed by atoms with Crippen molar-refractivity contribution in [2.75, 3.05) is 6.54 Å². The van der Waals surface area contributed by atoms with Gasteiger partial charge in [-0.15, -0.1) is 0 Å². The third kappa shape index (κ3) is 3.37. The smallest absolute Gasteiger partial charge is 0.240 e. The summed E-state index contributed by atoms with van der Waals surface area (Å²) < 4.78 is 0. The van der Waals surface area contributed by atoms with Crippen LogP contribution in [0.15, 0.2) is 24.5 Å². The summed E-state index contributed by atoms with van der Waals surface area (Å²) in [7, 11) is 0. The van der Waals surface area contributed by atoms with Crippen LogP contribution in [-0.4, -0.2) is 34.4 Å². The van der Waals surface area contributed by atoms with Gasteiger partial charge in [-0.05, 0) is 43.9 Å². The Hall–Kier alpha value is -1.42. The van der Waals surface area contributed by atoms with E-state index in [-0.39, 0.29) is 6.04 Å². The number of pyridine rings is 1. The van der Waals surface area contributed by atoms with Crippen LogP contribution >= 0.6 is 0 Å². The lowest BCUT2D eigenvalue weighted by atomic mass is 10.1. The molecule has 1 aromatic rings. The van der Waals surface area contributed by atoms with E-state index >= 15 is 0 Å². The van der Waals surface area contributed by atoms with Crippen LogP contribution < -0.4 is 5.32 Å². The van der Waals surface area contributed by atoms with Gasteiger partial charge >= 0.3 is 0 Å². The minimum Gasteiger partial charge on any atom is -0.334 e. The lowest BCUT2D eigenvalue weighted by Gasteiger charge is -2.27. The molecule has 4 heteroatoms. The van der Waals surface area contributed by atoms with Crippen molar-refractivity contribution in [3.63, 3.8) is 0 Å². The van der Waals surface area contributed by atoms with Crippen molar-refractivity contribution in [3.8, 4) is 0 Å². The van der Waals surface area contributed by atoms with Crippen molar-refractivity contribution < 1.29 is 4.79 Å². The molecule has 1 saturated carbocycles. The molecular formula is C16H23N3O. The van der Waals surface area contributed by atoms with Crippen molar-refractivity contribution in [1.82, 2.24) is 15.2 Å². The Morgan fingerprint density at radius 1 is 1.30 bits per heavy atom. The van der Waals surface area contributed by atoms with Crippen LogP contribution in [0.3, 0.4) is 0 Å². The average Bonchev–Trinajstić information content (AvgIpc) is 3.31. The van der Waals surface area contributed by atoms with Crippen LogP contribution in [0, 0.1) is 0 Å². The average molecular weight is 273 g/mol.